The summed E-state index contributed by atoms with van der Waals surface area (Å²) in [5, 5.41) is 8.31. The summed E-state index contributed by atoms with van der Waals surface area (Å²) in [6.07, 6.45) is 2.54. The Balaban J connectivity index is 1.93. The van der Waals surface area contributed by atoms with Crippen molar-refractivity contribution in [2.24, 2.45) is 0 Å². The molecule has 2 heterocycles. The van der Waals surface area contributed by atoms with Crippen LogP contribution in [0.4, 0.5) is 0 Å². The van der Waals surface area contributed by atoms with E-state index in [2.05, 4.69) is 43.2 Å². The minimum Gasteiger partial charge on any atom is -0.497 e. The van der Waals surface area contributed by atoms with Crippen LogP contribution in [0.3, 0.4) is 0 Å². The molecule has 0 amide bonds. The number of fused-ring (bicyclic) bond motifs is 1. The number of benzene rings is 1. The van der Waals surface area contributed by atoms with Crippen molar-refractivity contribution in [1.29, 1.82) is 0 Å². The van der Waals surface area contributed by atoms with Gasteiger partial charge in [-0.25, -0.2) is 4.98 Å². The van der Waals surface area contributed by atoms with Gasteiger partial charge in [0.25, 0.3) is 0 Å². The van der Waals surface area contributed by atoms with Gasteiger partial charge in [0.15, 0.2) is 5.65 Å². The molecule has 0 spiro atoms. The molecule has 0 fully saturated rings. The molecule has 0 radical (unpaired) electrons. The number of hydrogen-bond donors (Lipinski definition) is 1. The van der Waals surface area contributed by atoms with E-state index in [1.165, 1.54) is 5.56 Å². The highest BCUT2D eigenvalue weighted by Gasteiger charge is 2.07. The normalized spacial score (nSPS) is 10.8. The Kier molecular flexibility index (Phi) is 3.21. The highest BCUT2D eigenvalue weighted by molar-refractivity contribution is 9.10. The third-order valence-corrected chi connectivity index (χ3v) is 3.43. The van der Waals surface area contributed by atoms with Gasteiger partial charge in [-0.15, -0.1) is 0 Å². The Labute approximate surface area is 118 Å². The molecule has 96 valence electrons. The van der Waals surface area contributed by atoms with Crippen molar-refractivity contribution in [3.63, 3.8) is 0 Å². The largest absolute Gasteiger partial charge is 0.497 e. The molecule has 0 atom stereocenters. The van der Waals surface area contributed by atoms with Crippen molar-refractivity contribution in [2.75, 3.05) is 7.11 Å². The maximum Gasteiger partial charge on any atom is 0.181 e. The van der Waals surface area contributed by atoms with Crippen LogP contribution >= 0.6 is 15.9 Å². The summed E-state index contributed by atoms with van der Waals surface area (Å²) >= 11 is 3.43. The number of H-pyrrole nitrogens is 1. The summed E-state index contributed by atoms with van der Waals surface area (Å²) < 4.78 is 6.11. The Bertz CT molecular complexity index is 706. The van der Waals surface area contributed by atoms with Gasteiger partial charge in [-0.1, -0.05) is 12.1 Å². The SMILES string of the molecule is COc1ccc(Cc2[nH]nc3ncc(Br)cc23)cc1. The molecule has 0 saturated carbocycles. The third-order valence-electron chi connectivity index (χ3n) is 3.00. The number of nitrogens with zero attached hydrogens (tertiary/aromatic N) is 2. The van der Waals surface area contributed by atoms with E-state index in [1.807, 2.05) is 18.2 Å². The first-order valence-corrected chi connectivity index (χ1v) is 6.67. The van der Waals surface area contributed by atoms with Gasteiger partial charge in [0, 0.05) is 28.2 Å². The zero-order valence-corrected chi connectivity index (χ0v) is 11.9. The second-order valence-electron chi connectivity index (χ2n) is 4.25. The van der Waals surface area contributed by atoms with Crippen LogP contribution in [0.5, 0.6) is 5.75 Å². The maximum absolute atomic E-state index is 5.15. The molecule has 0 saturated heterocycles. The number of pyridine rings is 1. The first-order chi connectivity index (χ1) is 9.26. The van der Waals surface area contributed by atoms with E-state index in [-0.39, 0.29) is 0 Å². The van der Waals surface area contributed by atoms with Crippen molar-refractivity contribution in [3.8, 4) is 5.75 Å². The average molecular weight is 318 g/mol. The first-order valence-electron chi connectivity index (χ1n) is 5.87. The highest BCUT2D eigenvalue weighted by Crippen LogP contribution is 2.21. The van der Waals surface area contributed by atoms with Crippen molar-refractivity contribution in [2.45, 2.75) is 6.42 Å². The second kappa shape index (κ2) is 5.01. The monoisotopic (exact) mass is 317 g/mol. The standard InChI is InChI=1S/C14H12BrN3O/c1-19-11-4-2-9(3-5-11)6-13-12-7-10(15)8-16-14(12)18-17-13/h2-5,7-8H,6H2,1H3,(H,16,17,18). The van der Waals surface area contributed by atoms with Crippen LogP contribution in [-0.2, 0) is 6.42 Å². The summed E-state index contributed by atoms with van der Waals surface area (Å²) in [4.78, 5) is 4.26. The summed E-state index contributed by atoms with van der Waals surface area (Å²) in [5.41, 5.74) is 3.01. The lowest BCUT2D eigenvalue weighted by atomic mass is 10.1. The molecule has 0 aliphatic rings. The van der Waals surface area contributed by atoms with Crippen LogP contribution in [0.15, 0.2) is 41.0 Å². The molecule has 4 nitrogen and oxygen atoms in total. The minimum absolute atomic E-state index is 0.742. The third kappa shape index (κ3) is 2.46. The maximum atomic E-state index is 5.15. The molecule has 3 aromatic rings. The topological polar surface area (TPSA) is 50.8 Å². The molecular weight excluding hydrogens is 306 g/mol. The number of halogens is 1. The number of rotatable bonds is 3. The van der Waals surface area contributed by atoms with Crippen molar-refractivity contribution in [1.82, 2.24) is 15.2 Å². The summed E-state index contributed by atoms with van der Waals surface area (Å²) in [5.74, 6) is 0.864. The van der Waals surface area contributed by atoms with Crippen molar-refractivity contribution >= 4 is 27.0 Å². The van der Waals surface area contributed by atoms with Crippen LogP contribution in [0.2, 0.25) is 0 Å². The molecule has 0 aliphatic heterocycles. The summed E-state index contributed by atoms with van der Waals surface area (Å²) in [6, 6.07) is 10.1. The van der Waals surface area contributed by atoms with Crippen LogP contribution in [0.1, 0.15) is 11.3 Å². The van der Waals surface area contributed by atoms with E-state index in [4.69, 9.17) is 4.74 Å². The molecule has 1 N–H and O–H groups in total. The first kappa shape index (κ1) is 12.2. The van der Waals surface area contributed by atoms with Gasteiger partial charge in [0.05, 0.1) is 7.11 Å². The highest BCUT2D eigenvalue weighted by atomic mass is 79.9. The fourth-order valence-corrected chi connectivity index (χ4v) is 2.34. The van der Waals surface area contributed by atoms with Crippen LogP contribution in [0.25, 0.3) is 11.0 Å². The van der Waals surface area contributed by atoms with E-state index in [0.29, 0.717) is 0 Å². The molecule has 1 aromatic carbocycles. The Hall–Kier alpha value is -1.88. The molecule has 2 aromatic heterocycles. The number of aromatic amines is 1. The molecular formula is C14H12BrN3O. The number of aromatic nitrogens is 3. The van der Waals surface area contributed by atoms with E-state index in [9.17, 15) is 0 Å². The number of ether oxygens (including phenoxy) is 1. The van der Waals surface area contributed by atoms with Crippen molar-refractivity contribution < 1.29 is 4.74 Å². The zero-order valence-electron chi connectivity index (χ0n) is 10.4. The lowest BCUT2D eigenvalue weighted by Crippen LogP contribution is -1.90. The average Bonchev–Trinajstić information content (AvgIpc) is 2.82. The van der Waals surface area contributed by atoms with E-state index in [1.54, 1.807) is 13.3 Å². The van der Waals surface area contributed by atoms with Crippen LogP contribution < -0.4 is 4.74 Å². The Morgan fingerprint density at radius 3 is 2.79 bits per heavy atom. The van der Waals surface area contributed by atoms with Gasteiger partial charge < -0.3 is 4.74 Å². The van der Waals surface area contributed by atoms with Gasteiger partial charge in [-0.3, -0.25) is 5.10 Å². The van der Waals surface area contributed by atoms with Crippen molar-refractivity contribution in [3.05, 3.63) is 52.3 Å². The molecule has 0 aliphatic carbocycles. The number of nitrogens with one attached hydrogen (secondary N) is 1. The predicted octanol–water partition coefficient (Wildman–Crippen LogP) is 3.32. The molecule has 0 unspecified atom stereocenters. The quantitative estimate of drug-likeness (QED) is 0.806. The predicted molar refractivity (Wildman–Crippen MR) is 77.4 cm³/mol. The number of methoxy groups -OCH3 is 1. The lowest BCUT2D eigenvalue weighted by Gasteiger charge is -2.02. The summed E-state index contributed by atoms with van der Waals surface area (Å²) in [6.45, 7) is 0. The van der Waals surface area contributed by atoms with Gasteiger partial charge in [-0.2, -0.15) is 5.10 Å². The zero-order chi connectivity index (χ0) is 13.2. The fourth-order valence-electron chi connectivity index (χ4n) is 2.01. The second-order valence-corrected chi connectivity index (χ2v) is 5.17. The molecule has 19 heavy (non-hydrogen) atoms. The van der Waals surface area contributed by atoms with E-state index >= 15 is 0 Å². The van der Waals surface area contributed by atoms with Gasteiger partial charge >= 0.3 is 0 Å². The lowest BCUT2D eigenvalue weighted by molar-refractivity contribution is 0.414. The molecule has 5 heteroatoms. The molecule has 3 rings (SSSR count). The summed E-state index contributed by atoms with van der Waals surface area (Å²) in [7, 11) is 1.67. The van der Waals surface area contributed by atoms with E-state index < -0.39 is 0 Å². The Morgan fingerprint density at radius 2 is 2.05 bits per heavy atom. The smallest absolute Gasteiger partial charge is 0.181 e. The van der Waals surface area contributed by atoms with Gasteiger partial charge in [-0.05, 0) is 39.7 Å². The van der Waals surface area contributed by atoms with Gasteiger partial charge in [0.2, 0.25) is 0 Å². The van der Waals surface area contributed by atoms with E-state index in [0.717, 1.165) is 33.4 Å². The van der Waals surface area contributed by atoms with Crippen LogP contribution in [0, 0.1) is 0 Å². The molecule has 0 bridgehead atoms. The van der Waals surface area contributed by atoms with Crippen LogP contribution in [-0.4, -0.2) is 22.3 Å². The minimum atomic E-state index is 0.742. The van der Waals surface area contributed by atoms with Gasteiger partial charge in [0.1, 0.15) is 5.75 Å². The fraction of sp³-hybridized carbons (Fsp3) is 0.143. The number of hydrogen-bond acceptors (Lipinski definition) is 3. The Morgan fingerprint density at radius 1 is 1.26 bits per heavy atom.